The van der Waals surface area contributed by atoms with Crippen molar-refractivity contribution >= 4 is 17.3 Å². The predicted octanol–water partition coefficient (Wildman–Crippen LogP) is 1.42. The van der Waals surface area contributed by atoms with Crippen LogP contribution in [0.5, 0.6) is 0 Å². The van der Waals surface area contributed by atoms with Crippen LogP contribution < -0.4 is 10.9 Å². The van der Waals surface area contributed by atoms with Crippen molar-refractivity contribution in [1.29, 1.82) is 0 Å². The van der Waals surface area contributed by atoms with Crippen LogP contribution in [0.3, 0.4) is 0 Å². The lowest BCUT2D eigenvalue weighted by molar-refractivity contribution is 0.254. The molecule has 0 aliphatic carbocycles. The summed E-state index contributed by atoms with van der Waals surface area (Å²) in [4.78, 5) is 13.4. The van der Waals surface area contributed by atoms with E-state index in [-0.39, 0.29) is 16.0 Å². The van der Waals surface area contributed by atoms with Crippen molar-refractivity contribution in [2.24, 2.45) is 5.41 Å². The van der Waals surface area contributed by atoms with Gasteiger partial charge in [0, 0.05) is 13.1 Å². The summed E-state index contributed by atoms with van der Waals surface area (Å²) < 4.78 is 0. The van der Waals surface area contributed by atoms with E-state index in [1.54, 1.807) is 0 Å². The zero-order valence-corrected chi connectivity index (χ0v) is 11.4. The Kier molecular flexibility index (Phi) is 4.54. The SMILES string of the molecule is CN(C)CC(C)(C)CNc1cn[nH]c(=O)c1Cl. The minimum Gasteiger partial charge on any atom is -0.382 e. The lowest BCUT2D eigenvalue weighted by Crippen LogP contribution is -2.34. The highest BCUT2D eigenvalue weighted by Crippen LogP contribution is 2.20. The van der Waals surface area contributed by atoms with Crippen molar-refractivity contribution in [3.8, 4) is 0 Å². The summed E-state index contributed by atoms with van der Waals surface area (Å²) in [5.41, 5.74) is 0.277. The molecule has 1 aromatic heterocycles. The summed E-state index contributed by atoms with van der Waals surface area (Å²) in [6.45, 7) is 5.95. The van der Waals surface area contributed by atoms with Gasteiger partial charge in [-0.1, -0.05) is 25.4 Å². The molecule has 0 bridgehead atoms. The monoisotopic (exact) mass is 258 g/mol. The molecule has 0 aromatic carbocycles. The maximum atomic E-state index is 11.2. The molecule has 2 N–H and O–H groups in total. The van der Waals surface area contributed by atoms with Crippen molar-refractivity contribution < 1.29 is 0 Å². The number of nitrogens with zero attached hydrogens (tertiary/aromatic N) is 2. The van der Waals surface area contributed by atoms with Crippen LogP contribution in [0, 0.1) is 5.41 Å². The Morgan fingerprint density at radius 1 is 1.53 bits per heavy atom. The van der Waals surface area contributed by atoms with E-state index < -0.39 is 0 Å². The molecule has 0 atom stereocenters. The van der Waals surface area contributed by atoms with Gasteiger partial charge >= 0.3 is 0 Å². The minimum absolute atomic E-state index is 0.0788. The largest absolute Gasteiger partial charge is 0.382 e. The van der Waals surface area contributed by atoms with E-state index in [1.165, 1.54) is 6.20 Å². The molecule has 0 spiro atoms. The summed E-state index contributed by atoms with van der Waals surface area (Å²) in [5.74, 6) is 0. The molecule has 1 heterocycles. The van der Waals surface area contributed by atoms with Crippen LogP contribution >= 0.6 is 11.6 Å². The molecule has 0 unspecified atom stereocenters. The second kappa shape index (κ2) is 5.51. The molecule has 0 radical (unpaired) electrons. The molecule has 0 aliphatic rings. The summed E-state index contributed by atoms with van der Waals surface area (Å²) in [7, 11) is 4.06. The molecule has 0 saturated heterocycles. The number of hydrogen-bond acceptors (Lipinski definition) is 4. The molecular weight excluding hydrogens is 240 g/mol. The number of aromatic amines is 1. The highest BCUT2D eigenvalue weighted by molar-refractivity contribution is 6.32. The third-order valence-electron chi connectivity index (χ3n) is 2.30. The summed E-state index contributed by atoms with van der Waals surface area (Å²) in [5, 5.41) is 9.31. The van der Waals surface area contributed by atoms with Crippen LogP contribution in [0.15, 0.2) is 11.0 Å². The van der Waals surface area contributed by atoms with Gasteiger partial charge in [-0.05, 0) is 19.5 Å². The van der Waals surface area contributed by atoms with Crippen LogP contribution in [0.2, 0.25) is 5.02 Å². The first-order valence-corrected chi connectivity index (χ1v) is 5.81. The maximum absolute atomic E-state index is 11.2. The first-order chi connectivity index (χ1) is 7.82. The second-order valence-electron chi connectivity index (χ2n) is 5.18. The average Bonchev–Trinajstić information content (AvgIpc) is 2.18. The third-order valence-corrected chi connectivity index (χ3v) is 2.67. The second-order valence-corrected chi connectivity index (χ2v) is 5.56. The van der Waals surface area contributed by atoms with E-state index in [9.17, 15) is 4.79 Å². The summed E-state index contributed by atoms with van der Waals surface area (Å²) in [6.07, 6.45) is 1.52. The lowest BCUT2D eigenvalue weighted by atomic mass is 9.93. The molecular formula is C11H19ClN4O. The number of H-pyrrole nitrogens is 1. The van der Waals surface area contributed by atoms with E-state index in [4.69, 9.17) is 11.6 Å². The van der Waals surface area contributed by atoms with E-state index in [2.05, 4.69) is 34.3 Å². The number of aromatic nitrogens is 2. The van der Waals surface area contributed by atoms with Crippen molar-refractivity contribution in [1.82, 2.24) is 15.1 Å². The fourth-order valence-corrected chi connectivity index (χ4v) is 1.91. The van der Waals surface area contributed by atoms with E-state index >= 15 is 0 Å². The van der Waals surface area contributed by atoms with Crippen molar-refractivity contribution in [2.45, 2.75) is 13.8 Å². The fourth-order valence-electron chi connectivity index (χ4n) is 1.75. The highest BCUT2D eigenvalue weighted by Gasteiger charge is 2.19. The van der Waals surface area contributed by atoms with E-state index in [1.807, 2.05) is 14.1 Å². The topological polar surface area (TPSA) is 61.0 Å². The fraction of sp³-hybridized carbons (Fsp3) is 0.636. The van der Waals surface area contributed by atoms with Crippen molar-refractivity contribution in [2.75, 3.05) is 32.5 Å². The number of halogens is 1. The van der Waals surface area contributed by atoms with Crippen LogP contribution in [0.25, 0.3) is 0 Å². The van der Waals surface area contributed by atoms with Gasteiger partial charge in [-0.25, -0.2) is 5.10 Å². The molecule has 17 heavy (non-hydrogen) atoms. The molecule has 5 nitrogen and oxygen atoms in total. The quantitative estimate of drug-likeness (QED) is 0.839. The van der Waals surface area contributed by atoms with Gasteiger partial charge in [-0.3, -0.25) is 4.79 Å². The smallest absolute Gasteiger partial charge is 0.285 e. The van der Waals surface area contributed by atoms with Crippen LogP contribution in [0.1, 0.15) is 13.8 Å². The Bertz CT molecular complexity index is 428. The van der Waals surface area contributed by atoms with Crippen LogP contribution in [-0.4, -0.2) is 42.3 Å². The van der Waals surface area contributed by atoms with Gasteiger partial charge in [0.15, 0.2) is 0 Å². The number of rotatable bonds is 5. The zero-order valence-electron chi connectivity index (χ0n) is 10.7. The van der Waals surface area contributed by atoms with E-state index in [0.29, 0.717) is 5.69 Å². The van der Waals surface area contributed by atoms with Gasteiger partial charge < -0.3 is 10.2 Å². The Labute approximate surface area is 106 Å². The standard InChI is InChI=1S/C11H19ClN4O/c1-11(2,7-16(3)4)6-13-8-5-14-15-10(17)9(8)12/h5H,6-7H2,1-4H3,(H2,13,15,17). The predicted molar refractivity (Wildman–Crippen MR) is 70.7 cm³/mol. The maximum Gasteiger partial charge on any atom is 0.285 e. The van der Waals surface area contributed by atoms with Gasteiger partial charge in [0.25, 0.3) is 5.56 Å². The Morgan fingerprint density at radius 3 is 2.76 bits per heavy atom. The third kappa shape index (κ3) is 4.36. The number of anilines is 1. The molecule has 96 valence electrons. The van der Waals surface area contributed by atoms with E-state index in [0.717, 1.165) is 13.1 Å². The minimum atomic E-state index is -0.373. The van der Waals surface area contributed by atoms with Gasteiger partial charge in [-0.2, -0.15) is 5.10 Å². The highest BCUT2D eigenvalue weighted by atomic mass is 35.5. The zero-order chi connectivity index (χ0) is 13.1. The average molecular weight is 259 g/mol. The Hall–Kier alpha value is -1.07. The molecule has 6 heteroatoms. The molecule has 1 aromatic rings. The van der Waals surface area contributed by atoms with Gasteiger partial charge in [0.2, 0.25) is 0 Å². The normalized spacial score (nSPS) is 11.9. The summed E-state index contributed by atoms with van der Waals surface area (Å²) >= 11 is 5.87. The number of hydrogen-bond donors (Lipinski definition) is 2. The molecule has 0 saturated carbocycles. The Morgan fingerprint density at radius 2 is 2.18 bits per heavy atom. The van der Waals surface area contributed by atoms with Crippen LogP contribution in [-0.2, 0) is 0 Å². The van der Waals surface area contributed by atoms with Crippen molar-refractivity contribution in [3.05, 3.63) is 21.6 Å². The molecule has 0 aliphatic heterocycles. The molecule has 0 fully saturated rings. The van der Waals surface area contributed by atoms with Gasteiger partial charge in [0.1, 0.15) is 5.02 Å². The van der Waals surface area contributed by atoms with Gasteiger partial charge in [0.05, 0.1) is 11.9 Å². The summed E-state index contributed by atoms with van der Waals surface area (Å²) in [6, 6.07) is 0. The molecule has 0 amide bonds. The van der Waals surface area contributed by atoms with Gasteiger partial charge in [-0.15, -0.1) is 0 Å². The first kappa shape index (κ1) is 14.0. The van der Waals surface area contributed by atoms with Crippen LogP contribution in [0.4, 0.5) is 5.69 Å². The van der Waals surface area contributed by atoms with Crippen molar-refractivity contribution in [3.63, 3.8) is 0 Å². The molecule has 1 rings (SSSR count). The first-order valence-electron chi connectivity index (χ1n) is 5.43. The number of nitrogens with one attached hydrogen (secondary N) is 2. The lowest BCUT2D eigenvalue weighted by Gasteiger charge is -2.28. The Balaban J connectivity index is 2.67.